The minimum Gasteiger partial charge on any atom is -0.340 e. The van der Waals surface area contributed by atoms with Crippen LogP contribution < -0.4 is 5.32 Å². The van der Waals surface area contributed by atoms with Gasteiger partial charge in [0.25, 0.3) is 11.8 Å². The van der Waals surface area contributed by atoms with Crippen LogP contribution in [0.15, 0.2) is 24.3 Å². The first-order valence-electron chi connectivity index (χ1n) is 6.56. The lowest BCUT2D eigenvalue weighted by atomic mass is 10.0. The molecule has 1 rings (SSSR count). The molecule has 5 nitrogen and oxygen atoms in total. The number of amides is 2. The van der Waals surface area contributed by atoms with Gasteiger partial charge in [0.15, 0.2) is 0 Å². The number of aryl methyl sites for hydroxylation is 1. The maximum atomic E-state index is 12.2. The number of hydrogen-bond donors (Lipinski definition) is 1. The van der Waals surface area contributed by atoms with Gasteiger partial charge in [-0.1, -0.05) is 31.5 Å². The van der Waals surface area contributed by atoms with E-state index in [1.54, 1.807) is 12.1 Å². The van der Waals surface area contributed by atoms with E-state index in [9.17, 15) is 9.59 Å². The van der Waals surface area contributed by atoms with Gasteiger partial charge >= 0.3 is 0 Å². The van der Waals surface area contributed by atoms with Crippen molar-refractivity contribution in [2.75, 3.05) is 14.2 Å². The second kappa shape index (κ2) is 7.05. The average Bonchev–Trinajstić information content (AvgIpc) is 2.43. The molecule has 0 aliphatic heterocycles. The van der Waals surface area contributed by atoms with Crippen molar-refractivity contribution in [3.8, 4) is 0 Å². The van der Waals surface area contributed by atoms with Crippen LogP contribution in [0.1, 0.15) is 29.8 Å². The van der Waals surface area contributed by atoms with Gasteiger partial charge in [-0.2, -0.15) is 0 Å². The molecule has 2 amide bonds. The molecule has 0 saturated heterocycles. The molecule has 1 N–H and O–H groups in total. The normalized spacial score (nSPS) is 12.1. The fourth-order valence-electron chi connectivity index (χ4n) is 1.73. The quantitative estimate of drug-likeness (QED) is 0.835. The van der Waals surface area contributed by atoms with E-state index < -0.39 is 6.04 Å². The Kier molecular flexibility index (Phi) is 5.70. The van der Waals surface area contributed by atoms with Gasteiger partial charge in [-0.15, -0.1) is 0 Å². The van der Waals surface area contributed by atoms with Gasteiger partial charge in [0.2, 0.25) is 0 Å². The molecule has 1 unspecified atom stereocenters. The first-order chi connectivity index (χ1) is 9.36. The minimum absolute atomic E-state index is 0.0329. The van der Waals surface area contributed by atoms with Crippen molar-refractivity contribution in [3.05, 3.63) is 35.4 Å². The number of rotatable bonds is 5. The molecule has 0 saturated carbocycles. The van der Waals surface area contributed by atoms with Crippen molar-refractivity contribution < 1.29 is 14.4 Å². The zero-order valence-corrected chi connectivity index (χ0v) is 12.6. The van der Waals surface area contributed by atoms with Crippen molar-refractivity contribution in [1.29, 1.82) is 0 Å². The number of carbonyl (C=O) groups is 2. The topological polar surface area (TPSA) is 58.6 Å². The van der Waals surface area contributed by atoms with Gasteiger partial charge in [0, 0.05) is 12.6 Å². The zero-order chi connectivity index (χ0) is 15.3. The number of benzene rings is 1. The maximum Gasteiger partial charge on any atom is 0.268 e. The van der Waals surface area contributed by atoms with E-state index >= 15 is 0 Å². The van der Waals surface area contributed by atoms with Crippen LogP contribution in [0.3, 0.4) is 0 Å². The highest BCUT2D eigenvalue weighted by atomic mass is 16.7. The van der Waals surface area contributed by atoms with E-state index in [0.717, 1.165) is 10.6 Å². The lowest BCUT2D eigenvalue weighted by Crippen LogP contribution is -2.49. The van der Waals surface area contributed by atoms with Crippen LogP contribution in [0, 0.1) is 12.8 Å². The lowest BCUT2D eigenvalue weighted by molar-refractivity contribution is -0.171. The van der Waals surface area contributed by atoms with Crippen molar-refractivity contribution in [2.45, 2.75) is 26.8 Å². The Labute approximate surface area is 119 Å². The number of hydroxylamine groups is 2. The third kappa shape index (κ3) is 4.06. The van der Waals surface area contributed by atoms with Gasteiger partial charge in [-0.3, -0.25) is 14.4 Å². The molecule has 110 valence electrons. The monoisotopic (exact) mass is 278 g/mol. The Morgan fingerprint density at radius 2 is 1.75 bits per heavy atom. The van der Waals surface area contributed by atoms with Crippen LogP contribution in [0.2, 0.25) is 0 Å². The molecular formula is C15H22N2O3. The summed E-state index contributed by atoms with van der Waals surface area (Å²) in [5, 5.41) is 3.88. The third-order valence-electron chi connectivity index (χ3n) is 3.12. The second-order valence-electron chi connectivity index (χ2n) is 5.08. The van der Waals surface area contributed by atoms with Crippen molar-refractivity contribution in [1.82, 2.24) is 10.4 Å². The first-order valence-corrected chi connectivity index (χ1v) is 6.56. The van der Waals surface area contributed by atoms with E-state index in [4.69, 9.17) is 4.84 Å². The van der Waals surface area contributed by atoms with E-state index in [0.29, 0.717) is 5.56 Å². The Morgan fingerprint density at radius 1 is 1.20 bits per heavy atom. The van der Waals surface area contributed by atoms with Crippen LogP contribution in [-0.2, 0) is 9.63 Å². The van der Waals surface area contributed by atoms with Crippen LogP contribution in [0.25, 0.3) is 0 Å². The Balaban J connectivity index is 2.83. The highest BCUT2D eigenvalue weighted by Crippen LogP contribution is 2.08. The molecule has 0 heterocycles. The molecule has 0 fully saturated rings. The van der Waals surface area contributed by atoms with Crippen LogP contribution in [-0.4, -0.2) is 37.1 Å². The van der Waals surface area contributed by atoms with Crippen molar-refractivity contribution in [2.24, 2.45) is 5.92 Å². The molecule has 0 aliphatic rings. The summed E-state index contributed by atoms with van der Waals surface area (Å²) in [6.07, 6.45) is 0. The van der Waals surface area contributed by atoms with Crippen LogP contribution in [0.4, 0.5) is 0 Å². The fourth-order valence-corrected chi connectivity index (χ4v) is 1.73. The Hall–Kier alpha value is -1.88. The molecule has 1 atom stereocenters. The molecule has 0 bridgehead atoms. The molecule has 20 heavy (non-hydrogen) atoms. The number of hydrogen-bond acceptors (Lipinski definition) is 3. The lowest BCUT2D eigenvalue weighted by Gasteiger charge is -2.25. The molecule has 1 aromatic rings. The molecule has 0 radical (unpaired) electrons. The Morgan fingerprint density at radius 3 is 2.20 bits per heavy atom. The van der Waals surface area contributed by atoms with E-state index in [1.807, 2.05) is 32.9 Å². The summed E-state index contributed by atoms with van der Waals surface area (Å²) in [5.41, 5.74) is 1.62. The predicted octanol–water partition coefficient (Wildman–Crippen LogP) is 1.77. The van der Waals surface area contributed by atoms with Gasteiger partial charge < -0.3 is 5.32 Å². The number of carbonyl (C=O) groups excluding carboxylic acids is 2. The van der Waals surface area contributed by atoms with E-state index in [2.05, 4.69) is 5.32 Å². The first kappa shape index (κ1) is 16.2. The SMILES string of the molecule is CON(C)C(=O)C(NC(=O)c1ccc(C)cc1)C(C)C. The molecule has 0 aliphatic carbocycles. The largest absolute Gasteiger partial charge is 0.340 e. The van der Waals surface area contributed by atoms with Gasteiger partial charge in [-0.25, -0.2) is 5.06 Å². The average molecular weight is 278 g/mol. The number of likely N-dealkylation sites (N-methyl/N-ethyl adjacent to an activating group) is 1. The minimum atomic E-state index is -0.617. The van der Waals surface area contributed by atoms with Crippen LogP contribution in [0.5, 0.6) is 0 Å². The van der Waals surface area contributed by atoms with E-state index in [-0.39, 0.29) is 17.7 Å². The maximum absolute atomic E-state index is 12.2. The highest BCUT2D eigenvalue weighted by molar-refractivity contribution is 5.97. The molecule has 0 aromatic heterocycles. The van der Waals surface area contributed by atoms with Gasteiger partial charge in [0.1, 0.15) is 6.04 Å². The molecule has 5 heteroatoms. The summed E-state index contributed by atoms with van der Waals surface area (Å²) in [5.74, 6) is -0.570. The number of nitrogens with one attached hydrogen (secondary N) is 1. The summed E-state index contributed by atoms with van der Waals surface area (Å²) < 4.78 is 0. The van der Waals surface area contributed by atoms with E-state index in [1.165, 1.54) is 14.2 Å². The third-order valence-corrected chi connectivity index (χ3v) is 3.12. The predicted molar refractivity (Wildman–Crippen MR) is 77.1 cm³/mol. The highest BCUT2D eigenvalue weighted by Gasteiger charge is 2.27. The molecular weight excluding hydrogens is 256 g/mol. The summed E-state index contributed by atoms with van der Waals surface area (Å²) >= 11 is 0. The molecule has 0 spiro atoms. The smallest absolute Gasteiger partial charge is 0.268 e. The van der Waals surface area contributed by atoms with Crippen molar-refractivity contribution in [3.63, 3.8) is 0 Å². The fraction of sp³-hybridized carbons (Fsp3) is 0.467. The summed E-state index contributed by atoms with van der Waals surface area (Å²) in [6, 6.07) is 6.60. The summed E-state index contributed by atoms with van der Waals surface area (Å²) in [7, 11) is 2.94. The standard InChI is InChI=1S/C15H22N2O3/c1-10(2)13(15(19)17(4)20-5)16-14(18)12-8-6-11(3)7-9-12/h6-10,13H,1-5H3,(H,16,18). The number of nitrogens with zero attached hydrogens (tertiary/aromatic N) is 1. The summed E-state index contributed by atoms with van der Waals surface area (Å²) in [6.45, 7) is 5.71. The Bertz CT molecular complexity index is 469. The van der Waals surface area contributed by atoms with Gasteiger partial charge in [-0.05, 0) is 25.0 Å². The van der Waals surface area contributed by atoms with Crippen molar-refractivity contribution >= 4 is 11.8 Å². The molecule has 1 aromatic carbocycles. The summed E-state index contributed by atoms with van der Waals surface area (Å²) in [4.78, 5) is 29.2. The van der Waals surface area contributed by atoms with Gasteiger partial charge in [0.05, 0.1) is 7.11 Å². The zero-order valence-electron chi connectivity index (χ0n) is 12.6. The van der Waals surface area contributed by atoms with Crippen LogP contribution >= 0.6 is 0 Å². The second-order valence-corrected chi connectivity index (χ2v) is 5.08.